The predicted octanol–water partition coefficient (Wildman–Crippen LogP) is 4.72. The van der Waals surface area contributed by atoms with E-state index in [1.165, 1.54) is 5.56 Å². The molecule has 0 radical (unpaired) electrons. The van der Waals surface area contributed by atoms with Crippen molar-refractivity contribution in [3.05, 3.63) is 87.6 Å². The van der Waals surface area contributed by atoms with Crippen LogP contribution < -0.4 is 10.7 Å². The lowest BCUT2D eigenvalue weighted by atomic mass is 10.1. The summed E-state index contributed by atoms with van der Waals surface area (Å²) in [6.07, 6.45) is 0. The minimum absolute atomic E-state index is 0.00641. The van der Waals surface area contributed by atoms with Crippen molar-refractivity contribution in [1.82, 2.24) is 4.57 Å². The van der Waals surface area contributed by atoms with Gasteiger partial charge in [0.15, 0.2) is 5.43 Å². The van der Waals surface area contributed by atoms with Crippen molar-refractivity contribution < 1.29 is 4.79 Å². The average Bonchev–Trinajstić information content (AvgIpc) is 2.68. The lowest BCUT2D eigenvalue weighted by Crippen LogP contribution is -2.22. The van der Waals surface area contributed by atoms with Crippen molar-refractivity contribution in [3.8, 4) is 0 Å². The number of carbonyl (C=O) groups is 1. The van der Waals surface area contributed by atoms with Crippen molar-refractivity contribution in [2.45, 2.75) is 27.3 Å². The molecule has 0 spiro atoms. The fourth-order valence-electron chi connectivity index (χ4n) is 3.95. The smallest absolute Gasteiger partial charge is 0.244 e. The van der Waals surface area contributed by atoms with E-state index in [-0.39, 0.29) is 17.9 Å². The Morgan fingerprint density at radius 1 is 0.857 bits per heavy atom. The van der Waals surface area contributed by atoms with Crippen LogP contribution in [0.3, 0.4) is 0 Å². The second-order valence-electron chi connectivity index (χ2n) is 7.27. The largest absolute Gasteiger partial charge is 0.331 e. The van der Waals surface area contributed by atoms with Crippen LogP contribution in [0.5, 0.6) is 0 Å². The lowest BCUT2D eigenvalue weighted by Gasteiger charge is -2.17. The molecule has 4 nitrogen and oxygen atoms in total. The van der Waals surface area contributed by atoms with Crippen molar-refractivity contribution >= 4 is 33.4 Å². The number of rotatable bonds is 3. The van der Waals surface area contributed by atoms with E-state index in [1.807, 2.05) is 73.9 Å². The maximum atomic E-state index is 12.9. The molecule has 0 fully saturated rings. The molecular formula is C24H22N2O2. The van der Waals surface area contributed by atoms with Gasteiger partial charge in [-0.2, -0.15) is 0 Å². The van der Waals surface area contributed by atoms with Crippen LogP contribution in [0.4, 0.5) is 5.69 Å². The Morgan fingerprint density at radius 3 is 1.89 bits per heavy atom. The van der Waals surface area contributed by atoms with E-state index in [4.69, 9.17) is 0 Å². The molecule has 1 N–H and O–H groups in total. The SMILES string of the molecule is Cc1cc(C)c(NC(=O)Cn2c3ccccc3c(=O)c3ccccc32)c(C)c1. The van der Waals surface area contributed by atoms with Gasteiger partial charge in [0.05, 0.1) is 11.0 Å². The van der Waals surface area contributed by atoms with Crippen LogP contribution >= 0.6 is 0 Å². The van der Waals surface area contributed by atoms with Gasteiger partial charge in [-0.1, -0.05) is 42.0 Å². The van der Waals surface area contributed by atoms with E-state index in [2.05, 4.69) is 17.4 Å². The fraction of sp³-hybridized carbons (Fsp3) is 0.167. The number of aryl methyl sites for hydroxylation is 3. The molecule has 0 unspecified atom stereocenters. The fourth-order valence-corrected chi connectivity index (χ4v) is 3.95. The molecule has 1 heterocycles. The van der Waals surface area contributed by atoms with Crippen LogP contribution in [0.25, 0.3) is 21.8 Å². The monoisotopic (exact) mass is 370 g/mol. The number of hydrogen-bond donors (Lipinski definition) is 1. The van der Waals surface area contributed by atoms with E-state index in [0.29, 0.717) is 10.8 Å². The van der Waals surface area contributed by atoms with Crippen molar-refractivity contribution in [3.63, 3.8) is 0 Å². The molecule has 4 aromatic rings. The first-order valence-corrected chi connectivity index (χ1v) is 9.33. The van der Waals surface area contributed by atoms with Crippen LogP contribution in [0.1, 0.15) is 16.7 Å². The standard InChI is InChI=1S/C24H22N2O2/c1-15-12-16(2)23(17(3)13-15)25-22(27)14-26-20-10-6-4-8-18(20)24(28)19-9-5-7-11-21(19)26/h4-13H,14H2,1-3H3,(H,25,27). The zero-order chi connectivity index (χ0) is 19.8. The molecule has 0 atom stereocenters. The van der Waals surface area contributed by atoms with E-state index in [1.54, 1.807) is 0 Å². The molecule has 0 saturated heterocycles. The Bertz CT molecular complexity index is 1200. The zero-order valence-electron chi connectivity index (χ0n) is 16.2. The molecule has 4 rings (SSSR count). The third-order valence-corrected chi connectivity index (χ3v) is 5.12. The van der Waals surface area contributed by atoms with Crippen molar-refractivity contribution in [1.29, 1.82) is 0 Å². The van der Waals surface area contributed by atoms with Crippen molar-refractivity contribution in [2.75, 3.05) is 5.32 Å². The Labute approximate surface area is 163 Å². The molecule has 140 valence electrons. The summed E-state index contributed by atoms with van der Waals surface area (Å²) in [5, 5.41) is 4.30. The Morgan fingerprint density at radius 2 is 1.36 bits per heavy atom. The van der Waals surface area contributed by atoms with Gasteiger partial charge in [0, 0.05) is 16.5 Å². The van der Waals surface area contributed by atoms with Crippen molar-refractivity contribution in [2.24, 2.45) is 0 Å². The third kappa shape index (κ3) is 3.07. The Balaban J connectivity index is 1.80. The number of anilines is 1. The normalized spacial score (nSPS) is 11.1. The topological polar surface area (TPSA) is 51.1 Å². The number of benzene rings is 3. The first kappa shape index (κ1) is 18.0. The summed E-state index contributed by atoms with van der Waals surface area (Å²) in [7, 11) is 0. The zero-order valence-corrected chi connectivity index (χ0v) is 16.2. The lowest BCUT2D eigenvalue weighted by molar-refractivity contribution is -0.116. The first-order valence-electron chi connectivity index (χ1n) is 9.33. The first-order chi connectivity index (χ1) is 13.5. The number of para-hydroxylation sites is 2. The highest BCUT2D eigenvalue weighted by molar-refractivity contribution is 5.97. The summed E-state index contributed by atoms with van der Waals surface area (Å²) in [4.78, 5) is 25.8. The second kappa shape index (κ2) is 6.97. The number of fused-ring (bicyclic) bond motifs is 2. The summed E-state index contributed by atoms with van der Waals surface area (Å²) < 4.78 is 1.92. The quantitative estimate of drug-likeness (QED) is 0.531. The van der Waals surface area contributed by atoms with E-state index in [0.717, 1.165) is 27.8 Å². The number of amides is 1. The molecule has 0 aliphatic heterocycles. The van der Waals surface area contributed by atoms with E-state index >= 15 is 0 Å². The number of carbonyl (C=O) groups excluding carboxylic acids is 1. The summed E-state index contributed by atoms with van der Waals surface area (Å²) >= 11 is 0. The van der Waals surface area contributed by atoms with Gasteiger partial charge in [0.1, 0.15) is 6.54 Å². The number of nitrogens with zero attached hydrogens (tertiary/aromatic N) is 1. The molecular weight excluding hydrogens is 348 g/mol. The van der Waals surface area contributed by atoms with Crippen LogP contribution in [0.2, 0.25) is 0 Å². The molecule has 0 saturated carbocycles. The summed E-state index contributed by atoms with van der Waals surface area (Å²) in [5.41, 5.74) is 5.63. The van der Waals surface area contributed by atoms with Crippen LogP contribution in [0.15, 0.2) is 65.5 Å². The molecule has 3 aromatic carbocycles. The van der Waals surface area contributed by atoms with Gasteiger partial charge in [0.25, 0.3) is 0 Å². The highest BCUT2D eigenvalue weighted by Gasteiger charge is 2.14. The highest BCUT2D eigenvalue weighted by atomic mass is 16.2. The Hall–Kier alpha value is -3.40. The number of aromatic nitrogens is 1. The van der Waals surface area contributed by atoms with Gasteiger partial charge >= 0.3 is 0 Å². The maximum absolute atomic E-state index is 12.9. The molecule has 28 heavy (non-hydrogen) atoms. The minimum atomic E-state index is -0.117. The van der Waals surface area contributed by atoms with Gasteiger partial charge in [-0.25, -0.2) is 0 Å². The van der Waals surface area contributed by atoms with Gasteiger partial charge in [0.2, 0.25) is 5.91 Å². The van der Waals surface area contributed by atoms with E-state index < -0.39 is 0 Å². The maximum Gasteiger partial charge on any atom is 0.244 e. The number of nitrogens with one attached hydrogen (secondary N) is 1. The molecule has 4 heteroatoms. The van der Waals surface area contributed by atoms with Gasteiger partial charge in [-0.05, 0) is 56.2 Å². The minimum Gasteiger partial charge on any atom is -0.331 e. The molecule has 1 aromatic heterocycles. The summed E-state index contributed by atoms with van der Waals surface area (Å²) in [5.74, 6) is -0.117. The Kier molecular flexibility index (Phi) is 4.47. The predicted molar refractivity (Wildman–Crippen MR) is 115 cm³/mol. The number of hydrogen-bond acceptors (Lipinski definition) is 2. The second-order valence-corrected chi connectivity index (χ2v) is 7.27. The van der Waals surface area contributed by atoms with Gasteiger partial charge < -0.3 is 9.88 Å². The summed E-state index contributed by atoms with van der Waals surface area (Å²) in [6.45, 7) is 6.18. The third-order valence-electron chi connectivity index (χ3n) is 5.12. The van der Waals surface area contributed by atoms with E-state index in [9.17, 15) is 9.59 Å². The highest BCUT2D eigenvalue weighted by Crippen LogP contribution is 2.23. The van der Waals surface area contributed by atoms with Gasteiger partial charge in [-0.3, -0.25) is 9.59 Å². The van der Waals surface area contributed by atoms with Crippen LogP contribution in [-0.4, -0.2) is 10.5 Å². The van der Waals surface area contributed by atoms with Gasteiger partial charge in [-0.15, -0.1) is 0 Å². The average molecular weight is 370 g/mol. The molecule has 1 amide bonds. The number of pyridine rings is 1. The van der Waals surface area contributed by atoms with Crippen LogP contribution in [-0.2, 0) is 11.3 Å². The molecule has 0 bridgehead atoms. The molecule has 0 aliphatic carbocycles. The summed E-state index contributed by atoms with van der Waals surface area (Å²) in [6, 6.07) is 19.0. The van der Waals surface area contributed by atoms with Crippen LogP contribution in [0, 0.1) is 20.8 Å². The molecule has 0 aliphatic rings.